The first-order chi connectivity index (χ1) is 11.6. The molecule has 4 rings (SSSR count). The number of nitrogens with one attached hydrogen (secondary N) is 1. The van der Waals surface area contributed by atoms with Crippen molar-refractivity contribution in [3.05, 3.63) is 71.8 Å². The molecule has 0 radical (unpaired) electrons. The van der Waals surface area contributed by atoms with Gasteiger partial charge >= 0.3 is 0 Å². The summed E-state index contributed by atoms with van der Waals surface area (Å²) in [6.07, 6.45) is 3.28. The van der Waals surface area contributed by atoms with Crippen LogP contribution in [0.4, 0.5) is 4.39 Å². The highest BCUT2D eigenvalue weighted by Crippen LogP contribution is 2.32. The lowest BCUT2D eigenvalue weighted by Gasteiger charge is -2.15. The van der Waals surface area contributed by atoms with E-state index in [2.05, 4.69) is 10.2 Å². The zero-order chi connectivity index (χ0) is 16.7. The maximum Gasteiger partial charge on any atom is 0.244 e. The Labute approximate surface area is 138 Å². The zero-order valence-electron chi connectivity index (χ0n) is 12.6. The van der Waals surface area contributed by atoms with Crippen molar-refractivity contribution in [2.75, 3.05) is 0 Å². The van der Waals surface area contributed by atoms with Gasteiger partial charge in [0.25, 0.3) is 0 Å². The lowest BCUT2D eigenvalue weighted by molar-refractivity contribution is 0.411. The van der Waals surface area contributed by atoms with Gasteiger partial charge in [0.05, 0.1) is 11.1 Å². The maximum atomic E-state index is 14.4. The standard InChI is InChI=1S/C17H14FN3O2S/c18-16-7-12(15-8-19-20-9-15)5-6-13(16)10-21-11-14-3-1-2-4-17(14)24(21,22)23/h1-9H,10-11H2,(H,19,20). The molecule has 1 aliphatic rings. The molecule has 2 aromatic carbocycles. The molecule has 122 valence electrons. The van der Waals surface area contributed by atoms with Crippen molar-refractivity contribution in [1.82, 2.24) is 14.5 Å². The SMILES string of the molecule is O=S1(=O)c2ccccc2CN1Cc1ccc(-c2cn[nH]c2)cc1F. The van der Waals surface area contributed by atoms with Crippen LogP contribution in [-0.4, -0.2) is 22.9 Å². The lowest BCUT2D eigenvalue weighted by atomic mass is 10.1. The quantitative estimate of drug-likeness (QED) is 0.795. The van der Waals surface area contributed by atoms with Gasteiger partial charge in [-0.05, 0) is 23.3 Å². The number of rotatable bonds is 3. The Morgan fingerprint density at radius 3 is 2.71 bits per heavy atom. The van der Waals surface area contributed by atoms with Crippen LogP contribution in [0.1, 0.15) is 11.1 Å². The minimum atomic E-state index is -3.56. The number of halogens is 1. The Bertz CT molecular complexity index is 1000. The van der Waals surface area contributed by atoms with Crippen LogP contribution in [0.5, 0.6) is 0 Å². The Morgan fingerprint density at radius 1 is 1.17 bits per heavy atom. The summed E-state index contributed by atoms with van der Waals surface area (Å²) in [5, 5.41) is 6.52. The van der Waals surface area contributed by atoms with Gasteiger partial charge < -0.3 is 0 Å². The van der Waals surface area contributed by atoms with E-state index in [9.17, 15) is 12.8 Å². The summed E-state index contributed by atoms with van der Waals surface area (Å²) in [7, 11) is -3.56. The van der Waals surface area contributed by atoms with Gasteiger partial charge in [-0.25, -0.2) is 12.8 Å². The molecule has 2 heterocycles. The normalized spacial score (nSPS) is 16.2. The van der Waals surface area contributed by atoms with Gasteiger partial charge in [0.1, 0.15) is 5.82 Å². The van der Waals surface area contributed by atoms with Crippen LogP contribution in [0.2, 0.25) is 0 Å². The summed E-state index contributed by atoms with van der Waals surface area (Å²) < 4.78 is 40.8. The van der Waals surface area contributed by atoms with Gasteiger partial charge in [0.15, 0.2) is 0 Å². The molecule has 0 fully saturated rings. The largest absolute Gasteiger partial charge is 0.285 e. The molecule has 1 aromatic heterocycles. The highest BCUT2D eigenvalue weighted by atomic mass is 32.2. The van der Waals surface area contributed by atoms with Crippen molar-refractivity contribution in [2.45, 2.75) is 18.0 Å². The number of aromatic nitrogens is 2. The first-order valence-electron chi connectivity index (χ1n) is 7.41. The van der Waals surface area contributed by atoms with E-state index in [4.69, 9.17) is 0 Å². The molecule has 1 N–H and O–H groups in total. The van der Waals surface area contributed by atoms with Gasteiger partial charge in [0.2, 0.25) is 10.0 Å². The van der Waals surface area contributed by atoms with Gasteiger partial charge in [-0.15, -0.1) is 0 Å². The predicted octanol–water partition coefficient (Wildman–Crippen LogP) is 2.92. The first-order valence-corrected chi connectivity index (χ1v) is 8.85. The van der Waals surface area contributed by atoms with Gasteiger partial charge in [-0.1, -0.05) is 30.3 Å². The second-order valence-electron chi connectivity index (χ2n) is 5.67. The molecule has 0 unspecified atom stereocenters. The fraction of sp³-hybridized carbons (Fsp3) is 0.118. The number of hydrogen-bond donors (Lipinski definition) is 1. The summed E-state index contributed by atoms with van der Waals surface area (Å²) in [6, 6.07) is 11.7. The Morgan fingerprint density at radius 2 is 2.00 bits per heavy atom. The fourth-order valence-corrected chi connectivity index (χ4v) is 4.51. The zero-order valence-corrected chi connectivity index (χ0v) is 13.4. The fourth-order valence-electron chi connectivity index (χ4n) is 2.89. The smallest absolute Gasteiger partial charge is 0.244 e. The van der Waals surface area contributed by atoms with Crippen molar-refractivity contribution in [2.24, 2.45) is 0 Å². The average molecular weight is 343 g/mol. The van der Waals surface area contributed by atoms with Crippen molar-refractivity contribution in [3.8, 4) is 11.1 Å². The molecular weight excluding hydrogens is 329 g/mol. The molecule has 1 aliphatic heterocycles. The summed E-state index contributed by atoms with van der Waals surface area (Å²) >= 11 is 0. The summed E-state index contributed by atoms with van der Waals surface area (Å²) in [5.74, 6) is -0.431. The Kier molecular flexibility index (Phi) is 3.47. The third kappa shape index (κ3) is 2.42. The molecule has 7 heteroatoms. The van der Waals surface area contributed by atoms with E-state index in [1.54, 1.807) is 48.8 Å². The molecular formula is C17H14FN3O2S. The molecule has 0 saturated heterocycles. The second kappa shape index (κ2) is 5.54. The molecule has 0 spiro atoms. The van der Waals surface area contributed by atoms with Gasteiger partial charge in [-0.3, -0.25) is 5.10 Å². The molecule has 24 heavy (non-hydrogen) atoms. The molecule has 3 aromatic rings. The van der Waals surface area contributed by atoms with E-state index < -0.39 is 15.8 Å². The van der Waals surface area contributed by atoms with Crippen molar-refractivity contribution in [3.63, 3.8) is 0 Å². The Balaban J connectivity index is 1.63. The highest BCUT2D eigenvalue weighted by molar-refractivity contribution is 7.89. The number of fused-ring (bicyclic) bond motifs is 1. The minimum Gasteiger partial charge on any atom is -0.285 e. The third-order valence-corrected chi connectivity index (χ3v) is 6.06. The van der Waals surface area contributed by atoms with Crippen LogP contribution < -0.4 is 0 Å². The first kappa shape index (κ1) is 15.0. The molecule has 0 atom stereocenters. The van der Waals surface area contributed by atoms with Gasteiger partial charge in [-0.2, -0.15) is 9.40 Å². The molecule has 0 amide bonds. The highest BCUT2D eigenvalue weighted by Gasteiger charge is 2.34. The van der Waals surface area contributed by atoms with E-state index in [1.807, 2.05) is 0 Å². The maximum absolute atomic E-state index is 14.4. The Hall–Kier alpha value is -2.51. The van der Waals surface area contributed by atoms with Gasteiger partial charge in [0, 0.05) is 30.4 Å². The lowest BCUT2D eigenvalue weighted by Crippen LogP contribution is -2.24. The van der Waals surface area contributed by atoms with Crippen molar-refractivity contribution in [1.29, 1.82) is 0 Å². The van der Waals surface area contributed by atoms with Crippen molar-refractivity contribution >= 4 is 10.0 Å². The molecule has 0 saturated carbocycles. The third-order valence-electron chi connectivity index (χ3n) is 4.17. The number of nitrogens with zero attached hydrogens (tertiary/aromatic N) is 2. The number of sulfonamides is 1. The monoisotopic (exact) mass is 343 g/mol. The van der Waals surface area contributed by atoms with E-state index >= 15 is 0 Å². The number of benzene rings is 2. The number of H-pyrrole nitrogens is 1. The van der Waals surface area contributed by atoms with Crippen LogP contribution >= 0.6 is 0 Å². The number of hydrogen-bond acceptors (Lipinski definition) is 3. The van der Waals surface area contributed by atoms with Crippen LogP contribution in [0, 0.1) is 5.82 Å². The summed E-state index contributed by atoms with van der Waals surface area (Å²) in [6.45, 7) is 0.274. The average Bonchev–Trinajstić information content (AvgIpc) is 3.17. The number of aromatic amines is 1. The van der Waals surface area contributed by atoms with Crippen LogP contribution in [0.15, 0.2) is 59.8 Å². The van der Waals surface area contributed by atoms with Crippen molar-refractivity contribution < 1.29 is 12.8 Å². The predicted molar refractivity (Wildman–Crippen MR) is 86.9 cm³/mol. The van der Waals surface area contributed by atoms with E-state index in [0.717, 1.165) is 11.1 Å². The van der Waals surface area contributed by atoms with Crippen LogP contribution in [0.3, 0.4) is 0 Å². The minimum absolute atomic E-state index is 0.00845. The van der Waals surface area contributed by atoms with E-state index in [-0.39, 0.29) is 13.1 Å². The topological polar surface area (TPSA) is 66.1 Å². The molecule has 5 nitrogen and oxygen atoms in total. The molecule has 0 aliphatic carbocycles. The van der Waals surface area contributed by atoms with Crippen LogP contribution in [0.25, 0.3) is 11.1 Å². The summed E-state index contributed by atoms with van der Waals surface area (Å²) in [4.78, 5) is 0.306. The van der Waals surface area contributed by atoms with Crippen LogP contribution in [-0.2, 0) is 23.1 Å². The summed E-state index contributed by atoms with van der Waals surface area (Å²) in [5.41, 5.74) is 2.56. The van der Waals surface area contributed by atoms with E-state index in [0.29, 0.717) is 16.0 Å². The van der Waals surface area contributed by atoms with E-state index in [1.165, 1.54) is 10.4 Å². The molecule has 0 bridgehead atoms. The second-order valence-corrected chi connectivity index (χ2v) is 7.58.